The van der Waals surface area contributed by atoms with Gasteiger partial charge >= 0.3 is 5.91 Å². The molecule has 0 aromatic rings. The molecule has 5 heteroatoms. The summed E-state index contributed by atoms with van der Waals surface area (Å²) in [5.74, 6) is 0.0141. The highest BCUT2D eigenvalue weighted by molar-refractivity contribution is 8.34. The number of thiol groups is 1. The molecular formula is C18H18NO2S2+. The monoisotopic (exact) mass is 344 g/mol. The second kappa shape index (κ2) is 9.22. The van der Waals surface area contributed by atoms with E-state index in [1.54, 1.807) is 17.1 Å². The maximum Gasteiger partial charge on any atom is 0.427 e. The van der Waals surface area contributed by atoms with Gasteiger partial charge < -0.3 is 4.74 Å². The number of amides is 1. The summed E-state index contributed by atoms with van der Waals surface area (Å²) in [6.07, 6.45) is 22.3. The molecule has 0 N–H and O–H groups in total. The fourth-order valence-corrected chi connectivity index (χ4v) is 3.21. The van der Waals surface area contributed by atoms with Crippen LogP contribution in [0.4, 0.5) is 0 Å². The highest BCUT2D eigenvalue weighted by Crippen LogP contribution is 2.27. The van der Waals surface area contributed by atoms with E-state index in [0.29, 0.717) is 11.4 Å². The average molecular weight is 344 g/mol. The zero-order valence-electron chi connectivity index (χ0n) is 12.8. The van der Waals surface area contributed by atoms with Gasteiger partial charge in [0.1, 0.15) is 4.91 Å². The molecule has 0 atom stereocenters. The molecule has 0 aromatic heterocycles. The molecule has 0 aromatic carbocycles. The van der Waals surface area contributed by atoms with Crippen LogP contribution in [0.1, 0.15) is 6.92 Å². The second-order valence-corrected chi connectivity index (χ2v) is 6.28. The molecule has 0 aliphatic carbocycles. The van der Waals surface area contributed by atoms with Crippen LogP contribution in [0.5, 0.6) is 0 Å². The van der Waals surface area contributed by atoms with Gasteiger partial charge in [-0.1, -0.05) is 55.2 Å². The van der Waals surface area contributed by atoms with Gasteiger partial charge in [-0.15, -0.1) is 4.58 Å². The van der Waals surface area contributed by atoms with Crippen LogP contribution in [0.2, 0.25) is 0 Å². The molecule has 2 aliphatic heterocycles. The van der Waals surface area contributed by atoms with Crippen LogP contribution >= 0.6 is 24.4 Å². The summed E-state index contributed by atoms with van der Waals surface area (Å²) < 4.78 is 7.34. The van der Waals surface area contributed by atoms with Gasteiger partial charge in [-0.05, 0) is 42.5 Å². The summed E-state index contributed by atoms with van der Waals surface area (Å²) in [5.41, 5.74) is 1.08. The van der Waals surface area contributed by atoms with E-state index in [2.05, 4.69) is 12.6 Å². The van der Waals surface area contributed by atoms with Crippen LogP contribution in [0.3, 0.4) is 0 Å². The quantitative estimate of drug-likeness (QED) is 0.352. The van der Waals surface area contributed by atoms with Gasteiger partial charge in [0.05, 0.1) is 12.5 Å². The molecule has 0 saturated heterocycles. The molecule has 2 aliphatic rings. The number of allylic oxidation sites excluding steroid dienone is 11. The molecule has 0 radical (unpaired) electrons. The lowest BCUT2D eigenvalue weighted by atomic mass is 10.2. The first kappa shape index (κ1) is 17.4. The van der Waals surface area contributed by atoms with Crippen molar-refractivity contribution in [1.29, 1.82) is 0 Å². The molecule has 23 heavy (non-hydrogen) atoms. The first-order valence-corrected chi connectivity index (χ1v) is 8.45. The highest BCUT2D eigenvalue weighted by Gasteiger charge is 2.34. The van der Waals surface area contributed by atoms with Crippen molar-refractivity contribution in [2.24, 2.45) is 0 Å². The van der Waals surface area contributed by atoms with Gasteiger partial charge in [-0.25, -0.2) is 4.79 Å². The van der Waals surface area contributed by atoms with E-state index in [1.165, 1.54) is 11.8 Å². The molecule has 0 spiro atoms. The highest BCUT2D eigenvalue weighted by atomic mass is 32.2. The minimum Gasteiger partial charge on any atom is -0.473 e. The molecule has 0 fully saturated rings. The van der Waals surface area contributed by atoms with E-state index >= 15 is 0 Å². The summed E-state index contributed by atoms with van der Waals surface area (Å²) in [6.45, 7) is 2.58. The van der Waals surface area contributed by atoms with Gasteiger partial charge in [0.15, 0.2) is 6.54 Å². The van der Waals surface area contributed by atoms with Gasteiger partial charge in [-0.3, -0.25) is 0 Å². The number of hydrogen-bond donors (Lipinski definition) is 1. The Hall–Kier alpha value is -1.98. The van der Waals surface area contributed by atoms with E-state index in [9.17, 15) is 4.79 Å². The Morgan fingerprint density at radius 3 is 2.30 bits per heavy atom. The smallest absolute Gasteiger partial charge is 0.427 e. The molecule has 2 heterocycles. The number of carbonyl (C=O) groups is 1. The molecule has 1 amide bonds. The largest absolute Gasteiger partial charge is 0.473 e. The molecule has 0 saturated carbocycles. The van der Waals surface area contributed by atoms with Crippen molar-refractivity contribution in [2.45, 2.75) is 6.92 Å². The maximum atomic E-state index is 12.0. The summed E-state index contributed by atoms with van der Waals surface area (Å²) in [4.78, 5) is 12.7. The van der Waals surface area contributed by atoms with Crippen LogP contribution < -0.4 is 0 Å². The summed E-state index contributed by atoms with van der Waals surface area (Å²) in [7, 11) is 0. The lowest BCUT2D eigenvalue weighted by Crippen LogP contribution is -2.17. The lowest BCUT2D eigenvalue weighted by molar-refractivity contribution is -0.433. The van der Waals surface area contributed by atoms with Crippen LogP contribution in [-0.4, -0.2) is 21.4 Å². The molecule has 3 nitrogen and oxygen atoms in total. The van der Waals surface area contributed by atoms with Crippen molar-refractivity contribution >= 4 is 34.7 Å². The van der Waals surface area contributed by atoms with Crippen molar-refractivity contribution in [3.8, 4) is 0 Å². The SMILES string of the molecule is CC[N+]1=C(S)S\C(=C/C=C/C=C/C=C/C=C2C=COC=C2)C1=O. The third-order valence-electron chi connectivity index (χ3n) is 2.97. The Morgan fingerprint density at radius 1 is 1.09 bits per heavy atom. The summed E-state index contributed by atoms with van der Waals surface area (Å²) in [6, 6.07) is 0. The first-order chi connectivity index (χ1) is 11.2. The van der Waals surface area contributed by atoms with Crippen LogP contribution in [0.25, 0.3) is 0 Å². The molecule has 118 valence electrons. The lowest BCUT2D eigenvalue weighted by Gasteiger charge is -1.98. The molecule has 0 unspecified atom stereocenters. The predicted octanol–water partition coefficient (Wildman–Crippen LogP) is 4.11. The van der Waals surface area contributed by atoms with Crippen molar-refractivity contribution in [1.82, 2.24) is 0 Å². The van der Waals surface area contributed by atoms with E-state index in [-0.39, 0.29) is 5.91 Å². The van der Waals surface area contributed by atoms with E-state index < -0.39 is 0 Å². The third-order valence-corrected chi connectivity index (χ3v) is 4.42. The van der Waals surface area contributed by atoms with Crippen molar-refractivity contribution in [2.75, 3.05) is 6.54 Å². The van der Waals surface area contributed by atoms with Crippen molar-refractivity contribution in [3.63, 3.8) is 0 Å². The van der Waals surface area contributed by atoms with E-state index in [1.807, 2.05) is 67.7 Å². The Bertz CT molecular complexity index is 691. The van der Waals surface area contributed by atoms with Gasteiger partial charge in [0.2, 0.25) is 0 Å². The van der Waals surface area contributed by atoms with E-state index in [0.717, 1.165) is 9.95 Å². The minimum atomic E-state index is 0.0141. The molecule has 0 bridgehead atoms. The number of ether oxygens (including phenoxy) is 1. The fraction of sp³-hybridized carbons (Fsp3) is 0.111. The Morgan fingerprint density at radius 2 is 1.70 bits per heavy atom. The minimum absolute atomic E-state index is 0.0141. The van der Waals surface area contributed by atoms with Crippen LogP contribution in [-0.2, 0) is 9.53 Å². The van der Waals surface area contributed by atoms with Gasteiger partial charge in [-0.2, -0.15) is 0 Å². The maximum absolute atomic E-state index is 12.0. The van der Waals surface area contributed by atoms with E-state index in [4.69, 9.17) is 4.74 Å². The summed E-state index contributed by atoms with van der Waals surface area (Å²) in [5, 5.41) is 0. The second-order valence-electron chi connectivity index (χ2n) is 4.53. The zero-order valence-corrected chi connectivity index (χ0v) is 14.5. The topological polar surface area (TPSA) is 29.3 Å². The zero-order chi connectivity index (χ0) is 16.5. The normalized spacial score (nSPS) is 20.0. The Balaban J connectivity index is 1.82. The Kier molecular flexibility index (Phi) is 6.97. The number of thioether (sulfide) groups is 1. The summed E-state index contributed by atoms with van der Waals surface area (Å²) >= 11 is 5.70. The molecular weight excluding hydrogens is 326 g/mol. The Labute approximate surface area is 146 Å². The number of rotatable bonds is 5. The number of hydrogen-bond acceptors (Lipinski definition) is 3. The van der Waals surface area contributed by atoms with Gasteiger partial charge in [0, 0.05) is 0 Å². The third kappa shape index (κ3) is 5.30. The fourth-order valence-electron chi connectivity index (χ4n) is 1.82. The number of likely N-dealkylation sites (N-methyl/N-ethyl adjacent to an activating group) is 1. The van der Waals surface area contributed by atoms with Crippen LogP contribution in [0, 0.1) is 0 Å². The van der Waals surface area contributed by atoms with Crippen molar-refractivity contribution < 1.29 is 14.1 Å². The predicted molar refractivity (Wildman–Crippen MR) is 100 cm³/mol. The van der Waals surface area contributed by atoms with Gasteiger partial charge in [0.25, 0.3) is 4.38 Å². The van der Waals surface area contributed by atoms with Crippen molar-refractivity contribution in [3.05, 3.63) is 83.8 Å². The van der Waals surface area contributed by atoms with Crippen LogP contribution in [0.15, 0.2) is 83.8 Å². The molecule has 2 rings (SSSR count). The first-order valence-electron chi connectivity index (χ1n) is 7.18. The average Bonchev–Trinajstić information content (AvgIpc) is 2.84. The number of nitrogens with zero attached hydrogens (tertiary/aromatic N) is 1. The standard InChI is InChI=1S/C18H17NO2S2/c1-2-19-17(20)16(23-18(19)22)10-8-6-4-3-5-7-9-15-11-13-21-14-12-15/h3-14H,2H2,1H3/p+1/b4-3+,7-5+,8-6+,16-10-. The number of carbonyl (C=O) groups excluding carboxylic acids is 1.